The summed E-state index contributed by atoms with van der Waals surface area (Å²) >= 11 is 0. The van der Waals surface area contributed by atoms with E-state index in [-0.39, 0.29) is 23.8 Å². The number of hydrogen-bond acceptors (Lipinski definition) is 8. The van der Waals surface area contributed by atoms with E-state index in [9.17, 15) is 14.7 Å². The van der Waals surface area contributed by atoms with Crippen LogP contribution in [-0.4, -0.2) is 78.2 Å². The predicted octanol–water partition coefficient (Wildman–Crippen LogP) is 3.51. The zero-order valence-corrected chi connectivity index (χ0v) is 23.2. The minimum atomic E-state index is -1.05. The summed E-state index contributed by atoms with van der Waals surface area (Å²) in [6, 6.07) is 16.7. The number of likely N-dealkylation sites (tertiary alicyclic amines) is 1. The second-order valence-corrected chi connectivity index (χ2v) is 11.1. The summed E-state index contributed by atoms with van der Waals surface area (Å²) in [6.45, 7) is 4.70. The van der Waals surface area contributed by atoms with E-state index >= 15 is 0 Å². The van der Waals surface area contributed by atoms with Crippen LogP contribution >= 0.6 is 0 Å². The number of benzene rings is 1. The number of fused-ring (bicyclic) bond motifs is 2. The topological polar surface area (TPSA) is 123 Å². The third-order valence-electron chi connectivity index (χ3n) is 8.29. The SMILES string of the molecule is O=C(O)c1ccc2nc(CN3CCC(Oc4cccc(CN5Cc6ccccc6C5=O)n4)CC3)n(C[C@@H]3CCO3)c2n1. The number of nitrogens with zero attached hydrogens (tertiary/aromatic N) is 6. The Morgan fingerprint density at radius 1 is 0.976 bits per heavy atom. The Morgan fingerprint density at radius 2 is 1.81 bits per heavy atom. The van der Waals surface area contributed by atoms with Crippen LogP contribution in [-0.2, 0) is 30.9 Å². The average molecular weight is 569 g/mol. The monoisotopic (exact) mass is 568 g/mol. The molecule has 0 bridgehead atoms. The molecule has 2 saturated heterocycles. The molecule has 6 heterocycles. The highest BCUT2D eigenvalue weighted by Crippen LogP contribution is 2.26. The number of aromatic nitrogens is 4. The number of aromatic carboxylic acids is 1. The summed E-state index contributed by atoms with van der Waals surface area (Å²) in [4.78, 5) is 42.4. The standard InChI is InChI=1S/C31H32N6O5/c38-30-24-6-2-1-4-20(24)16-36(30)17-21-5-3-7-28(32-21)42-22-10-13-35(14-11-22)19-27-33-25-8-9-26(31(39)40)34-29(25)37(27)18-23-12-15-41-23/h1-9,22-23H,10-19H2,(H,39,40)/t23-/m0/s1. The van der Waals surface area contributed by atoms with E-state index in [0.717, 1.165) is 61.6 Å². The lowest BCUT2D eigenvalue weighted by molar-refractivity contribution is -0.0593. The Labute approximate surface area is 242 Å². The first-order valence-corrected chi connectivity index (χ1v) is 14.4. The van der Waals surface area contributed by atoms with Gasteiger partial charge in [-0.05, 0) is 49.1 Å². The van der Waals surface area contributed by atoms with Crippen LogP contribution in [0.25, 0.3) is 11.2 Å². The van der Waals surface area contributed by atoms with Gasteiger partial charge in [0.1, 0.15) is 17.4 Å². The summed E-state index contributed by atoms with van der Waals surface area (Å²) in [6.07, 6.45) is 2.80. The Balaban J connectivity index is 0.976. The first-order valence-electron chi connectivity index (χ1n) is 14.4. The first-order chi connectivity index (χ1) is 20.5. The molecule has 1 atom stereocenters. The average Bonchev–Trinajstić information content (AvgIpc) is 3.47. The van der Waals surface area contributed by atoms with Crippen LogP contribution < -0.4 is 4.74 Å². The molecule has 2 fully saturated rings. The summed E-state index contributed by atoms with van der Waals surface area (Å²) in [5.74, 6) is 0.432. The molecule has 1 amide bonds. The molecule has 216 valence electrons. The number of ether oxygens (including phenoxy) is 2. The summed E-state index contributed by atoms with van der Waals surface area (Å²) in [7, 11) is 0. The number of amides is 1. The van der Waals surface area contributed by atoms with Gasteiger partial charge in [0.05, 0.1) is 31.4 Å². The Hall–Kier alpha value is -4.35. The van der Waals surface area contributed by atoms with Crippen molar-refractivity contribution in [2.24, 2.45) is 0 Å². The Kier molecular flexibility index (Phi) is 7.04. The maximum Gasteiger partial charge on any atom is 0.354 e. The number of imidazole rings is 1. The summed E-state index contributed by atoms with van der Waals surface area (Å²) < 4.78 is 14.0. The molecule has 0 unspecified atom stereocenters. The van der Waals surface area contributed by atoms with E-state index in [1.54, 1.807) is 6.07 Å². The van der Waals surface area contributed by atoms with E-state index < -0.39 is 5.97 Å². The zero-order valence-electron chi connectivity index (χ0n) is 23.2. The number of piperidine rings is 1. The fourth-order valence-corrected chi connectivity index (χ4v) is 5.92. The largest absolute Gasteiger partial charge is 0.477 e. The number of carbonyl (C=O) groups excluding carboxylic acids is 1. The van der Waals surface area contributed by atoms with Crippen molar-refractivity contribution in [2.75, 3.05) is 19.7 Å². The van der Waals surface area contributed by atoms with E-state index in [2.05, 4.69) is 9.88 Å². The number of carboxylic acids is 1. The molecule has 7 rings (SSSR count). The predicted molar refractivity (Wildman–Crippen MR) is 152 cm³/mol. The van der Waals surface area contributed by atoms with E-state index in [1.807, 2.05) is 51.9 Å². The number of carboxylic acid groups (broad SMARTS) is 1. The van der Waals surface area contributed by atoms with E-state index in [4.69, 9.17) is 19.4 Å². The molecule has 0 radical (unpaired) electrons. The van der Waals surface area contributed by atoms with Crippen LogP contribution in [0.3, 0.4) is 0 Å². The molecular weight excluding hydrogens is 536 g/mol. The van der Waals surface area contributed by atoms with Gasteiger partial charge >= 0.3 is 5.97 Å². The van der Waals surface area contributed by atoms with Crippen LogP contribution in [0.1, 0.15) is 57.2 Å². The van der Waals surface area contributed by atoms with Gasteiger partial charge in [-0.1, -0.05) is 24.3 Å². The normalized spacial score (nSPS) is 19.2. The van der Waals surface area contributed by atoms with Gasteiger partial charge in [-0.2, -0.15) is 0 Å². The van der Waals surface area contributed by atoms with Crippen LogP contribution in [0.5, 0.6) is 5.88 Å². The molecule has 4 aromatic rings. The third-order valence-corrected chi connectivity index (χ3v) is 8.29. The third kappa shape index (κ3) is 5.33. The van der Waals surface area contributed by atoms with Gasteiger partial charge < -0.3 is 24.0 Å². The van der Waals surface area contributed by atoms with Gasteiger partial charge in [0.15, 0.2) is 11.3 Å². The van der Waals surface area contributed by atoms with Crippen molar-refractivity contribution in [1.29, 1.82) is 0 Å². The van der Waals surface area contributed by atoms with Crippen LogP contribution in [0, 0.1) is 0 Å². The lowest BCUT2D eigenvalue weighted by Gasteiger charge is -2.32. The van der Waals surface area contributed by atoms with Gasteiger partial charge in [0, 0.05) is 37.9 Å². The van der Waals surface area contributed by atoms with Gasteiger partial charge in [0.2, 0.25) is 5.88 Å². The van der Waals surface area contributed by atoms with Crippen molar-refractivity contribution < 1.29 is 24.2 Å². The molecule has 1 N–H and O–H groups in total. The number of carbonyl (C=O) groups is 2. The van der Waals surface area contributed by atoms with Crippen molar-refractivity contribution in [3.63, 3.8) is 0 Å². The molecule has 42 heavy (non-hydrogen) atoms. The van der Waals surface area contributed by atoms with E-state index in [0.29, 0.717) is 43.2 Å². The minimum absolute atomic E-state index is 0.0116. The van der Waals surface area contributed by atoms with Gasteiger partial charge in [-0.3, -0.25) is 9.69 Å². The van der Waals surface area contributed by atoms with E-state index in [1.165, 1.54) is 6.07 Å². The van der Waals surface area contributed by atoms with Crippen molar-refractivity contribution in [1.82, 2.24) is 29.3 Å². The lowest BCUT2D eigenvalue weighted by Crippen LogP contribution is -2.39. The van der Waals surface area contributed by atoms with Gasteiger partial charge in [-0.15, -0.1) is 0 Å². The van der Waals surface area contributed by atoms with Crippen molar-refractivity contribution in [2.45, 2.75) is 57.6 Å². The molecule has 0 saturated carbocycles. The number of hydrogen-bond donors (Lipinski definition) is 1. The second-order valence-electron chi connectivity index (χ2n) is 11.1. The Morgan fingerprint density at radius 3 is 2.57 bits per heavy atom. The molecule has 3 aromatic heterocycles. The molecule has 3 aliphatic heterocycles. The minimum Gasteiger partial charge on any atom is -0.477 e. The lowest BCUT2D eigenvalue weighted by atomic mass is 10.1. The highest BCUT2D eigenvalue weighted by molar-refractivity contribution is 5.98. The first kappa shape index (κ1) is 26.5. The quantitative estimate of drug-likeness (QED) is 0.323. The van der Waals surface area contributed by atoms with Gasteiger partial charge in [0.25, 0.3) is 5.91 Å². The summed E-state index contributed by atoms with van der Waals surface area (Å²) in [5.41, 5.74) is 3.92. The van der Waals surface area contributed by atoms with Gasteiger partial charge in [-0.25, -0.2) is 19.7 Å². The maximum absolute atomic E-state index is 12.8. The van der Waals surface area contributed by atoms with Crippen molar-refractivity contribution in [3.8, 4) is 5.88 Å². The molecule has 0 aliphatic carbocycles. The van der Waals surface area contributed by atoms with Crippen LogP contribution in [0.4, 0.5) is 0 Å². The number of pyridine rings is 2. The smallest absolute Gasteiger partial charge is 0.354 e. The highest BCUT2D eigenvalue weighted by atomic mass is 16.5. The second kappa shape index (κ2) is 11.1. The Bertz CT molecular complexity index is 1640. The molecule has 1 aromatic carbocycles. The molecule has 11 heteroatoms. The molecule has 0 spiro atoms. The molecule has 3 aliphatic rings. The zero-order chi connectivity index (χ0) is 28.6. The fourth-order valence-electron chi connectivity index (χ4n) is 5.92. The maximum atomic E-state index is 12.8. The number of rotatable bonds is 9. The van der Waals surface area contributed by atoms with Crippen LogP contribution in [0.2, 0.25) is 0 Å². The summed E-state index contributed by atoms with van der Waals surface area (Å²) in [5, 5.41) is 9.44. The molecular formula is C31H32N6O5. The highest BCUT2D eigenvalue weighted by Gasteiger charge is 2.28. The van der Waals surface area contributed by atoms with Crippen molar-refractivity contribution >= 4 is 23.0 Å². The fraction of sp³-hybridized carbons (Fsp3) is 0.387. The van der Waals surface area contributed by atoms with Crippen LogP contribution in [0.15, 0.2) is 54.6 Å². The molecule has 11 nitrogen and oxygen atoms in total. The van der Waals surface area contributed by atoms with Crippen molar-refractivity contribution in [3.05, 3.63) is 82.9 Å².